The van der Waals surface area contributed by atoms with Crippen LogP contribution in [0.3, 0.4) is 0 Å². The van der Waals surface area contributed by atoms with E-state index in [4.69, 9.17) is 9.05 Å². The molecule has 118 valence electrons. The number of benzene rings is 2. The number of aryl methyl sites for hydroxylation is 2. The molecule has 0 bridgehead atoms. The normalized spacial score (nSPS) is 13.0. The molecule has 2 rings (SSSR count). The molecule has 0 radical (unpaired) electrons. The van der Waals surface area contributed by atoms with Gasteiger partial charge in [0, 0.05) is 5.56 Å². The van der Waals surface area contributed by atoms with Crippen molar-refractivity contribution in [3.05, 3.63) is 59.2 Å². The van der Waals surface area contributed by atoms with Crippen molar-refractivity contribution in [1.82, 2.24) is 0 Å². The zero-order chi connectivity index (χ0) is 16.2. The standard InChI is InChI=1S/C18H22O3P.Li.H/c1-5-21-22(20-4,16-9-7-6-8-10-16)17-11-14(2)18(13-19)15(3)12-17;;/h6-13H,5H2,1-4H3;;/q2*+1;-1. The Bertz CT molecular complexity index is 644. The van der Waals surface area contributed by atoms with Gasteiger partial charge in [0.15, 0.2) is 16.9 Å². The van der Waals surface area contributed by atoms with Crippen LogP contribution in [0.5, 0.6) is 0 Å². The second kappa shape index (κ2) is 8.78. The Balaban J connectivity index is 0.00000264. The van der Waals surface area contributed by atoms with Crippen molar-refractivity contribution in [2.75, 3.05) is 13.7 Å². The van der Waals surface area contributed by atoms with Crippen molar-refractivity contribution >= 4 is 24.6 Å². The van der Waals surface area contributed by atoms with E-state index in [0.29, 0.717) is 6.61 Å². The monoisotopic (exact) mass is 325 g/mol. The third-order valence-electron chi connectivity index (χ3n) is 3.70. The Kier molecular flexibility index (Phi) is 7.68. The van der Waals surface area contributed by atoms with Crippen LogP contribution < -0.4 is 29.5 Å². The van der Waals surface area contributed by atoms with Gasteiger partial charge in [0.2, 0.25) is 0 Å². The van der Waals surface area contributed by atoms with Crippen LogP contribution in [0.1, 0.15) is 29.8 Å². The zero-order valence-electron chi connectivity index (χ0n) is 15.5. The van der Waals surface area contributed by atoms with Gasteiger partial charge >= 0.3 is 26.6 Å². The van der Waals surface area contributed by atoms with E-state index in [-0.39, 0.29) is 20.3 Å². The Morgan fingerprint density at radius 1 is 1.09 bits per heavy atom. The van der Waals surface area contributed by atoms with Crippen molar-refractivity contribution in [3.63, 3.8) is 0 Å². The van der Waals surface area contributed by atoms with Crippen LogP contribution in [0.4, 0.5) is 0 Å². The zero-order valence-corrected chi connectivity index (χ0v) is 15.4. The molecule has 0 amide bonds. The molecule has 0 heterocycles. The van der Waals surface area contributed by atoms with Crippen molar-refractivity contribution in [3.8, 4) is 0 Å². The second-order valence-electron chi connectivity index (χ2n) is 5.10. The summed E-state index contributed by atoms with van der Waals surface area (Å²) in [6, 6.07) is 14.0. The molecule has 3 nitrogen and oxygen atoms in total. The fourth-order valence-electron chi connectivity index (χ4n) is 2.68. The molecule has 2 aromatic rings. The van der Waals surface area contributed by atoms with Crippen molar-refractivity contribution < 1.29 is 34.1 Å². The van der Waals surface area contributed by atoms with Crippen LogP contribution in [0.2, 0.25) is 0 Å². The van der Waals surface area contributed by atoms with E-state index in [0.717, 1.165) is 33.6 Å². The molecule has 0 saturated heterocycles. The smallest absolute Gasteiger partial charge is 1.00 e. The fourth-order valence-corrected chi connectivity index (χ4v) is 5.45. The van der Waals surface area contributed by atoms with Crippen LogP contribution in [-0.4, -0.2) is 20.0 Å². The Labute approximate surface area is 152 Å². The Morgan fingerprint density at radius 3 is 2.09 bits per heavy atom. The van der Waals surface area contributed by atoms with Crippen molar-refractivity contribution in [1.29, 1.82) is 0 Å². The number of hydrogen-bond donors (Lipinski definition) is 0. The van der Waals surface area contributed by atoms with Crippen LogP contribution >= 0.6 is 7.72 Å². The summed E-state index contributed by atoms with van der Waals surface area (Å²) in [7, 11) is -0.693. The minimum absolute atomic E-state index is 0. The van der Waals surface area contributed by atoms with Crippen LogP contribution in [0.25, 0.3) is 0 Å². The molecule has 2 aromatic carbocycles. The molecule has 1 unspecified atom stereocenters. The van der Waals surface area contributed by atoms with Crippen molar-refractivity contribution in [2.24, 2.45) is 0 Å². The number of aldehydes is 1. The summed E-state index contributed by atoms with van der Waals surface area (Å²) >= 11 is 0. The summed E-state index contributed by atoms with van der Waals surface area (Å²) in [5.74, 6) is 0. The SMILES string of the molecule is CCO[P+](OC)(c1ccccc1)c1cc(C)c(C=O)c(C)c1.[H-].[Li+]. The van der Waals surface area contributed by atoms with Gasteiger partial charge in [-0.05, 0) is 56.2 Å². The number of carbonyl (C=O) groups is 1. The second-order valence-corrected chi connectivity index (χ2v) is 7.86. The molecular weight excluding hydrogens is 302 g/mol. The quantitative estimate of drug-likeness (QED) is 0.446. The minimum atomic E-state index is -2.38. The maximum absolute atomic E-state index is 11.2. The molecule has 1 atom stereocenters. The summed E-state index contributed by atoms with van der Waals surface area (Å²) in [6.07, 6.45) is 0.907. The van der Waals surface area contributed by atoms with E-state index in [1.165, 1.54) is 0 Å². The molecule has 23 heavy (non-hydrogen) atoms. The maximum atomic E-state index is 11.2. The number of rotatable bonds is 6. The average molecular weight is 325 g/mol. The van der Waals surface area contributed by atoms with Gasteiger partial charge in [-0.1, -0.05) is 18.2 Å². The molecule has 0 fully saturated rings. The number of carbonyl (C=O) groups excluding carboxylic acids is 1. The summed E-state index contributed by atoms with van der Waals surface area (Å²) in [5.41, 5.74) is 2.63. The first-order valence-corrected chi connectivity index (χ1v) is 8.93. The number of hydrogen-bond acceptors (Lipinski definition) is 3. The predicted molar refractivity (Wildman–Crippen MR) is 93.7 cm³/mol. The maximum Gasteiger partial charge on any atom is 1.00 e. The molecule has 0 aliphatic rings. The van der Waals surface area contributed by atoms with Gasteiger partial charge in [0.05, 0.1) is 13.7 Å². The van der Waals surface area contributed by atoms with Crippen molar-refractivity contribution in [2.45, 2.75) is 20.8 Å². The molecule has 0 aromatic heterocycles. The topological polar surface area (TPSA) is 35.5 Å². The van der Waals surface area contributed by atoms with E-state index in [1.807, 2.05) is 63.2 Å². The van der Waals surface area contributed by atoms with Gasteiger partial charge in [-0.25, -0.2) is 0 Å². The molecular formula is C18H23LiO3P+. The van der Waals surface area contributed by atoms with Crippen LogP contribution in [0.15, 0.2) is 42.5 Å². The molecule has 0 saturated carbocycles. The van der Waals surface area contributed by atoms with Crippen LogP contribution in [-0.2, 0) is 9.05 Å². The van der Waals surface area contributed by atoms with Gasteiger partial charge in [-0.2, -0.15) is 9.05 Å². The predicted octanol–water partition coefficient (Wildman–Crippen LogP) is 0.714. The van der Waals surface area contributed by atoms with E-state index < -0.39 is 7.72 Å². The minimum Gasteiger partial charge on any atom is -1.00 e. The Hall–Kier alpha value is -0.943. The van der Waals surface area contributed by atoms with E-state index in [9.17, 15) is 4.79 Å². The largest absolute Gasteiger partial charge is 1.00 e. The molecule has 0 N–H and O–H groups in total. The van der Waals surface area contributed by atoms with E-state index in [2.05, 4.69) is 0 Å². The van der Waals surface area contributed by atoms with Gasteiger partial charge in [0.1, 0.15) is 0 Å². The first-order chi connectivity index (χ1) is 10.6. The van der Waals surface area contributed by atoms with Gasteiger partial charge in [-0.15, -0.1) is 0 Å². The molecule has 0 spiro atoms. The van der Waals surface area contributed by atoms with Gasteiger partial charge in [0.25, 0.3) is 0 Å². The third-order valence-corrected chi connectivity index (χ3v) is 6.75. The molecule has 0 aliphatic carbocycles. The fraction of sp³-hybridized carbons (Fsp3) is 0.278. The molecule has 0 aliphatic heterocycles. The first-order valence-electron chi connectivity index (χ1n) is 7.31. The van der Waals surface area contributed by atoms with Gasteiger partial charge < -0.3 is 1.43 Å². The summed E-state index contributed by atoms with van der Waals surface area (Å²) in [5, 5.41) is 2.04. The van der Waals surface area contributed by atoms with E-state index in [1.54, 1.807) is 7.11 Å². The summed E-state index contributed by atoms with van der Waals surface area (Å²) in [6.45, 7) is 6.42. The summed E-state index contributed by atoms with van der Waals surface area (Å²) < 4.78 is 12.1. The molecule has 5 heteroatoms. The third kappa shape index (κ3) is 3.94. The summed E-state index contributed by atoms with van der Waals surface area (Å²) in [4.78, 5) is 11.2. The Morgan fingerprint density at radius 2 is 1.65 bits per heavy atom. The van der Waals surface area contributed by atoms with Crippen LogP contribution in [0, 0.1) is 13.8 Å². The first kappa shape index (κ1) is 20.1. The average Bonchev–Trinajstić information content (AvgIpc) is 2.53. The van der Waals surface area contributed by atoms with Gasteiger partial charge in [-0.3, -0.25) is 4.79 Å². The van der Waals surface area contributed by atoms with E-state index >= 15 is 0 Å².